The van der Waals surface area contributed by atoms with Crippen molar-refractivity contribution < 1.29 is 4.79 Å². The van der Waals surface area contributed by atoms with Crippen LogP contribution in [0.3, 0.4) is 0 Å². The number of anilines is 1. The maximum Gasteiger partial charge on any atom is 0.240 e. The summed E-state index contributed by atoms with van der Waals surface area (Å²) in [6.45, 7) is 1.16. The Morgan fingerprint density at radius 2 is 2.35 bits per heavy atom. The molecule has 0 aliphatic carbocycles. The van der Waals surface area contributed by atoms with E-state index in [1.54, 1.807) is 6.20 Å². The van der Waals surface area contributed by atoms with Crippen LogP contribution in [-0.2, 0) is 11.3 Å². The molecule has 2 rings (SSSR count). The molecule has 0 saturated carbocycles. The molecule has 1 aromatic heterocycles. The van der Waals surface area contributed by atoms with E-state index >= 15 is 0 Å². The Labute approximate surface area is 100.0 Å². The Bertz CT molecular complexity index is 409. The topological polar surface area (TPSA) is 98.1 Å². The largest absolute Gasteiger partial charge is 0.368 e. The third kappa shape index (κ3) is 2.36. The molecular weight excluding hydrogens is 218 g/mol. The fraction of sp³-hybridized carbons (Fsp3) is 0.545. The zero-order valence-electron chi connectivity index (χ0n) is 9.67. The van der Waals surface area contributed by atoms with E-state index in [2.05, 4.69) is 10.2 Å². The Hall–Kier alpha value is -1.69. The first-order valence-corrected chi connectivity index (χ1v) is 5.80. The van der Waals surface area contributed by atoms with E-state index < -0.39 is 0 Å². The van der Waals surface area contributed by atoms with Gasteiger partial charge in [0.15, 0.2) is 5.82 Å². The molecule has 1 aliphatic heterocycles. The summed E-state index contributed by atoms with van der Waals surface area (Å²) >= 11 is 0. The highest BCUT2D eigenvalue weighted by molar-refractivity contribution is 5.83. The second-order valence-corrected chi connectivity index (χ2v) is 4.19. The molecule has 0 bridgehead atoms. The van der Waals surface area contributed by atoms with Gasteiger partial charge in [0.1, 0.15) is 6.04 Å². The number of piperidine rings is 1. The van der Waals surface area contributed by atoms with Crippen LogP contribution in [0.15, 0.2) is 12.3 Å². The van der Waals surface area contributed by atoms with Crippen molar-refractivity contribution in [1.29, 1.82) is 0 Å². The van der Waals surface area contributed by atoms with Crippen molar-refractivity contribution in [2.45, 2.75) is 31.8 Å². The van der Waals surface area contributed by atoms with Crippen molar-refractivity contribution in [3.8, 4) is 0 Å². The van der Waals surface area contributed by atoms with Gasteiger partial charge in [-0.2, -0.15) is 5.10 Å². The zero-order valence-corrected chi connectivity index (χ0v) is 9.67. The Morgan fingerprint density at radius 1 is 1.53 bits per heavy atom. The second kappa shape index (κ2) is 5.09. The Kier molecular flexibility index (Phi) is 3.53. The predicted molar refractivity (Wildman–Crippen MR) is 64.1 cm³/mol. The molecule has 92 valence electrons. The van der Waals surface area contributed by atoms with Gasteiger partial charge in [-0.1, -0.05) is 0 Å². The maximum absolute atomic E-state index is 11.4. The first-order chi connectivity index (χ1) is 8.24. The summed E-state index contributed by atoms with van der Waals surface area (Å²) in [5.41, 5.74) is 12.0. The van der Waals surface area contributed by atoms with Crippen LogP contribution < -0.4 is 16.4 Å². The van der Waals surface area contributed by atoms with Gasteiger partial charge in [0.25, 0.3) is 0 Å². The number of nitrogens with zero attached hydrogens (tertiary/aromatic N) is 3. The zero-order chi connectivity index (χ0) is 12.3. The summed E-state index contributed by atoms with van der Waals surface area (Å²) < 4.78 is 0. The van der Waals surface area contributed by atoms with Gasteiger partial charge in [-0.05, 0) is 25.3 Å². The van der Waals surface area contributed by atoms with Gasteiger partial charge in [0.05, 0.1) is 6.20 Å². The SMILES string of the molecule is NCc1ccnnc1N1CCCCC1C(N)=O. The first-order valence-electron chi connectivity index (χ1n) is 5.80. The smallest absolute Gasteiger partial charge is 0.240 e. The lowest BCUT2D eigenvalue weighted by molar-refractivity contribution is -0.119. The highest BCUT2D eigenvalue weighted by Gasteiger charge is 2.29. The van der Waals surface area contributed by atoms with E-state index in [-0.39, 0.29) is 11.9 Å². The van der Waals surface area contributed by atoms with Gasteiger partial charge < -0.3 is 16.4 Å². The molecule has 1 saturated heterocycles. The van der Waals surface area contributed by atoms with Gasteiger partial charge in [0.2, 0.25) is 5.91 Å². The van der Waals surface area contributed by atoms with Gasteiger partial charge in [-0.15, -0.1) is 5.10 Å². The summed E-state index contributed by atoms with van der Waals surface area (Å²) in [6, 6.07) is 1.54. The van der Waals surface area contributed by atoms with Crippen molar-refractivity contribution in [1.82, 2.24) is 10.2 Å². The van der Waals surface area contributed by atoms with E-state index in [9.17, 15) is 4.79 Å². The van der Waals surface area contributed by atoms with Crippen LogP contribution in [-0.4, -0.2) is 28.7 Å². The Balaban J connectivity index is 2.32. The number of rotatable bonds is 3. The average molecular weight is 235 g/mol. The lowest BCUT2D eigenvalue weighted by Crippen LogP contribution is -2.48. The molecule has 0 radical (unpaired) electrons. The van der Waals surface area contributed by atoms with E-state index in [0.717, 1.165) is 31.4 Å². The minimum atomic E-state index is -0.307. The van der Waals surface area contributed by atoms with Crippen LogP contribution in [0.2, 0.25) is 0 Å². The van der Waals surface area contributed by atoms with Crippen LogP contribution in [0, 0.1) is 0 Å². The van der Waals surface area contributed by atoms with Gasteiger partial charge in [-0.3, -0.25) is 4.79 Å². The summed E-state index contributed by atoms with van der Waals surface area (Å²) in [7, 11) is 0. The van der Waals surface area contributed by atoms with Crippen LogP contribution in [0.1, 0.15) is 24.8 Å². The molecule has 1 fully saturated rings. The molecule has 1 aliphatic rings. The molecule has 6 nitrogen and oxygen atoms in total. The molecule has 4 N–H and O–H groups in total. The van der Waals surface area contributed by atoms with Crippen molar-refractivity contribution in [3.63, 3.8) is 0 Å². The number of aromatic nitrogens is 2. The summed E-state index contributed by atoms with van der Waals surface area (Å²) in [6.07, 6.45) is 4.43. The predicted octanol–water partition coefficient (Wildman–Crippen LogP) is -0.221. The van der Waals surface area contributed by atoms with Crippen LogP contribution >= 0.6 is 0 Å². The van der Waals surface area contributed by atoms with Gasteiger partial charge in [0, 0.05) is 18.7 Å². The molecule has 1 unspecified atom stereocenters. The molecule has 0 aromatic carbocycles. The van der Waals surface area contributed by atoms with Crippen LogP contribution in [0.25, 0.3) is 0 Å². The number of carbonyl (C=O) groups excluding carboxylic acids is 1. The Morgan fingerprint density at radius 3 is 3.06 bits per heavy atom. The first kappa shape index (κ1) is 11.8. The van der Waals surface area contributed by atoms with Crippen molar-refractivity contribution in [3.05, 3.63) is 17.8 Å². The third-order valence-electron chi connectivity index (χ3n) is 3.11. The standard InChI is InChI=1S/C11H17N5O/c12-7-8-4-5-14-15-11(8)16-6-2-1-3-9(16)10(13)17/h4-5,9H,1-3,6-7,12H2,(H2,13,17). The minimum Gasteiger partial charge on any atom is -0.368 e. The van der Waals surface area contributed by atoms with E-state index in [1.165, 1.54) is 0 Å². The summed E-state index contributed by atoms with van der Waals surface area (Å²) in [5, 5.41) is 7.96. The molecule has 2 heterocycles. The molecule has 1 aromatic rings. The second-order valence-electron chi connectivity index (χ2n) is 4.19. The fourth-order valence-corrected chi connectivity index (χ4v) is 2.23. The monoisotopic (exact) mass is 235 g/mol. The van der Waals surface area contributed by atoms with E-state index in [0.29, 0.717) is 12.4 Å². The van der Waals surface area contributed by atoms with Crippen molar-refractivity contribution >= 4 is 11.7 Å². The number of nitrogens with two attached hydrogens (primary N) is 2. The fourth-order valence-electron chi connectivity index (χ4n) is 2.23. The minimum absolute atomic E-state index is 0.286. The highest BCUT2D eigenvalue weighted by Crippen LogP contribution is 2.25. The lowest BCUT2D eigenvalue weighted by Gasteiger charge is -2.35. The molecule has 1 atom stereocenters. The molecule has 0 spiro atoms. The van der Waals surface area contributed by atoms with E-state index in [4.69, 9.17) is 11.5 Å². The summed E-state index contributed by atoms with van der Waals surface area (Å²) in [4.78, 5) is 13.4. The number of primary amides is 1. The van der Waals surface area contributed by atoms with E-state index in [1.807, 2.05) is 11.0 Å². The average Bonchev–Trinajstić information content (AvgIpc) is 2.38. The van der Waals surface area contributed by atoms with Crippen molar-refractivity contribution in [2.75, 3.05) is 11.4 Å². The molecular formula is C11H17N5O. The molecule has 1 amide bonds. The third-order valence-corrected chi connectivity index (χ3v) is 3.11. The molecule has 17 heavy (non-hydrogen) atoms. The normalized spacial score (nSPS) is 20.3. The number of hydrogen-bond donors (Lipinski definition) is 2. The lowest BCUT2D eigenvalue weighted by atomic mass is 10.0. The van der Waals surface area contributed by atoms with Crippen molar-refractivity contribution in [2.24, 2.45) is 11.5 Å². The number of amides is 1. The number of hydrogen-bond acceptors (Lipinski definition) is 5. The maximum atomic E-state index is 11.4. The molecule has 6 heteroatoms. The summed E-state index contributed by atoms with van der Waals surface area (Å²) in [5.74, 6) is 0.386. The number of carbonyl (C=O) groups is 1. The van der Waals surface area contributed by atoms with Crippen LogP contribution in [0.4, 0.5) is 5.82 Å². The quantitative estimate of drug-likeness (QED) is 0.754. The van der Waals surface area contributed by atoms with Gasteiger partial charge >= 0.3 is 0 Å². The highest BCUT2D eigenvalue weighted by atomic mass is 16.1. The van der Waals surface area contributed by atoms with Gasteiger partial charge in [-0.25, -0.2) is 0 Å². The van der Waals surface area contributed by atoms with Crippen LogP contribution in [0.5, 0.6) is 0 Å².